The minimum atomic E-state index is -0.326. The minimum Gasteiger partial charge on any atom is -0.496 e. The first-order chi connectivity index (χ1) is 17.5. The van der Waals surface area contributed by atoms with Crippen molar-refractivity contribution in [2.24, 2.45) is 5.92 Å². The fourth-order valence-electron chi connectivity index (χ4n) is 5.37. The summed E-state index contributed by atoms with van der Waals surface area (Å²) < 4.78 is 11.1. The van der Waals surface area contributed by atoms with Crippen molar-refractivity contribution in [2.45, 2.75) is 45.2 Å². The Morgan fingerprint density at radius 1 is 1.11 bits per heavy atom. The molecule has 2 aromatic rings. The van der Waals surface area contributed by atoms with Crippen LogP contribution in [0.4, 0.5) is 5.69 Å². The summed E-state index contributed by atoms with van der Waals surface area (Å²) in [5.74, 6) is 0.591. The highest BCUT2D eigenvalue weighted by atomic mass is 16.5. The van der Waals surface area contributed by atoms with Crippen LogP contribution in [0.15, 0.2) is 48.5 Å². The number of anilines is 1. The molecule has 7 heteroatoms. The maximum atomic E-state index is 13.9. The summed E-state index contributed by atoms with van der Waals surface area (Å²) in [6.07, 6.45) is 2.84. The molecular formula is C29H39N3O4. The lowest BCUT2D eigenvalue weighted by Crippen LogP contribution is -2.48. The van der Waals surface area contributed by atoms with Gasteiger partial charge in [0.1, 0.15) is 5.75 Å². The first-order valence-electron chi connectivity index (χ1n) is 13.1. The summed E-state index contributed by atoms with van der Waals surface area (Å²) in [5.41, 5.74) is 3.18. The highest BCUT2D eigenvalue weighted by molar-refractivity contribution is 5.85. The van der Waals surface area contributed by atoms with Crippen LogP contribution >= 0.6 is 0 Å². The van der Waals surface area contributed by atoms with Gasteiger partial charge in [-0.1, -0.05) is 43.7 Å². The van der Waals surface area contributed by atoms with Gasteiger partial charge in [-0.05, 0) is 36.6 Å². The van der Waals surface area contributed by atoms with E-state index in [1.54, 1.807) is 7.11 Å². The molecule has 2 unspecified atom stereocenters. The zero-order chi connectivity index (χ0) is 25.5. The van der Waals surface area contributed by atoms with Crippen LogP contribution in [0.25, 0.3) is 0 Å². The van der Waals surface area contributed by atoms with E-state index in [1.807, 2.05) is 41.1 Å². The van der Waals surface area contributed by atoms with Crippen LogP contribution in [-0.4, -0.2) is 68.6 Å². The molecule has 2 atom stereocenters. The molecule has 2 amide bonds. The smallest absolute Gasteiger partial charge is 0.228 e. The molecule has 0 radical (unpaired) electrons. The highest BCUT2D eigenvalue weighted by Gasteiger charge is 2.42. The second-order valence-electron chi connectivity index (χ2n) is 9.73. The minimum absolute atomic E-state index is 0.0668. The summed E-state index contributed by atoms with van der Waals surface area (Å²) in [6.45, 7) is 6.60. The standard InChI is InChI=1S/C29H39N3O4/c1-4-5-16-32-27(33)15-14-25(28(32)24-8-6-7-9-26(24)35-3)29(34)30(2)21-22-10-12-23(13-11-22)31-17-19-36-20-18-31/h6-13,25,28H,4-5,14-21H2,1-3H3. The van der Waals surface area contributed by atoms with Gasteiger partial charge in [0.05, 0.1) is 32.3 Å². The van der Waals surface area contributed by atoms with Gasteiger partial charge < -0.3 is 24.2 Å². The third-order valence-electron chi connectivity index (χ3n) is 7.34. The number of rotatable bonds is 9. The van der Waals surface area contributed by atoms with E-state index in [0.717, 1.165) is 56.0 Å². The Morgan fingerprint density at radius 2 is 1.83 bits per heavy atom. The van der Waals surface area contributed by atoms with Crippen molar-refractivity contribution in [3.05, 3.63) is 59.7 Å². The molecule has 0 N–H and O–H groups in total. The van der Waals surface area contributed by atoms with Gasteiger partial charge in [-0.15, -0.1) is 0 Å². The number of likely N-dealkylation sites (tertiary alicyclic amines) is 1. The molecule has 0 bridgehead atoms. The lowest BCUT2D eigenvalue weighted by Gasteiger charge is -2.42. The van der Waals surface area contributed by atoms with Gasteiger partial charge in [-0.2, -0.15) is 0 Å². The van der Waals surface area contributed by atoms with E-state index < -0.39 is 0 Å². The number of methoxy groups -OCH3 is 1. The Balaban J connectivity index is 1.53. The largest absolute Gasteiger partial charge is 0.496 e. The number of hydrogen-bond donors (Lipinski definition) is 0. The summed E-state index contributed by atoms with van der Waals surface area (Å²) in [4.78, 5) is 32.9. The van der Waals surface area contributed by atoms with Gasteiger partial charge in [0, 0.05) is 50.9 Å². The van der Waals surface area contributed by atoms with Gasteiger partial charge in [0.2, 0.25) is 11.8 Å². The molecule has 2 heterocycles. The van der Waals surface area contributed by atoms with Gasteiger partial charge in [0.15, 0.2) is 0 Å². The van der Waals surface area contributed by atoms with E-state index in [0.29, 0.717) is 25.9 Å². The third-order valence-corrected chi connectivity index (χ3v) is 7.34. The van der Waals surface area contributed by atoms with Crippen LogP contribution in [0.1, 0.15) is 49.8 Å². The lowest BCUT2D eigenvalue weighted by molar-refractivity contribution is -0.147. The van der Waals surface area contributed by atoms with Crippen LogP contribution in [0.5, 0.6) is 5.75 Å². The number of piperidine rings is 1. The molecule has 2 aromatic carbocycles. The summed E-state index contributed by atoms with van der Waals surface area (Å²) in [5, 5.41) is 0. The fraction of sp³-hybridized carbons (Fsp3) is 0.517. The van der Waals surface area contributed by atoms with Crippen LogP contribution < -0.4 is 9.64 Å². The zero-order valence-electron chi connectivity index (χ0n) is 21.8. The molecule has 0 spiro atoms. The van der Waals surface area contributed by atoms with Crippen LogP contribution in [0.3, 0.4) is 0 Å². The molecule has 7 nitrogen and oxygen atoms in total. The first kappa shape index (κ1) is 26.0. The van der Waals surface area contributed by atoms with Gasteiger partial charge in [-0.25, -0.2) is 0 Å². The third kappa shape index (κ3) is 5.84. The predicted molar refractivity (Wildman–Crippen MR) is 141 cm³/mol. The quantitative estimate of drug-likeness (QED) is 0.522. The average molecular weight is 494 g/mol. The van der Waals surface area contributed by atoms with Gasteiger partial charge in [-0.3, -0.25) is 9.59 Å². The van der Waals surface area contributed by atoms with Crippen molar-refractivity contribution in [1.82, 2.24) is 9.80 Å². The number of unbranched alkanes of at least 4 members (excludes halogenated alkanes) is 1. The fourth-order valence-corrected chi connectivity index (χ4v) is 5.37. The predicted octanol–water partition coefficient (Wildman–Crippen LogP) is 4.27. The first-order valence-corrected chi connectivity index (χ1v) is 13.1. The Bertz CT molecular complexity index is 1020. The number of hydrogen-bond acceptors (Lipinski definition) is 5. The van der Waals surface area contributed by atoms with Crippen LogP contribution in [0.2, 0.25) is 0 Å². The van der Waals surface area contributed by atoms with E-state index in [-0.39, 0.29) is 23.8 Å². The topological polar surface area (TPSA) is 62.3 Å². The van der Waals surface area contributed by atoms with Crippen LogP contribution in [-0.2, 0) is 20.9 Å². The number of amides is 2. The molecule has 36 heavy (non-hydrogen) atoms. The van der Waals surface area contributed by atoms with E-state index in [4.69, 9.17) is 9.47 Å². The average Bonchev–Trinajstić information content (AvgIpc) is 2.92. The summed E-state index contributed by atoms with van der Waals surface area (Å²) in [6, 6.07) is 15.9. The number of nitrogens with zero attached hydrogens (tertiary/aromatic N) is 3. The van der Waals surface area contributed by atoms with E-state index in [2.05, 4.69) is 36.1 Å². The van der Waals surface area contributed by atoms with Gasteiger partial charge in [0.25, 0.3) is 0 Å². The Morgan fingerprint density at radius 3 is 2.53 bits per heavy atom. The Labute approximate surface area is 215 Å². The number of carbonyl (C=O) groups excluding carboxylic acids is 2. The zero-order valence-corrected chi connectivity index (χ0v) is 21.8. The molecule has 0 aromatic heterocycles. The summed E-state index contributed by atoms with van der Waals surface area (Å²) >= 11 is 0. The Kier molecular flexibility index (Phi) is 8.86. The molecule has 0 saturated carbocycles. The van der Waals surface area contributed by atoms with Crippen molar-refractivity contribution in [1.29, 1.82) is 0 Å². The maximum Gasteiger partial charge on any atom is 0.228 e. The van der Waals surface area contributed by atoms with Crippen molar-refractivity contribution in [3.63, 3.8) is 0 Å². The van der Waals surface area contributed by atoms with Crippen molar-refractivity contribution >= 4 is 17.5 Å². The van der Waals surface area contributed by atoms with E-state index >= 15 is 0 Å². The number of morpholine rings is 1. The molecule has 4 rings (SSSR count). The maximum absolute atomic E-state index is 13.9. The van der Waals surface area contributed by atoms with E-state index in [1.165, 1.54) is 5.69 Å². The second-order valence-corrected chi connectivity index (χ2v) is 9.73. The number of benzene rings is 2. The van der Waals surface area contributed by atoms with Crippen LogP contribution in [0, 0.1) is 5.92 Å². The van der Waals surface area contributed by atoms with Crippen molar-refractivity contribution < 1.29 is 19.1 Å². The molecule has 0 aliphatic carbocycles. The lowest BCUT2D eigenvalue weighted by atomic mass is 9.82. The molecule has 2 fully saturated rings. The van der Waals surface area contributed by atoms with Gasteiger partial charge >= 0.3 is 0 Å². The summed E-state index contributed by atoms with van der Waals surface area (Å²) in [7, 11) is 3.51. The normalized spacial score (nSPS) is 20.4. The molecule has 2 saturated heterocycles. The van der Waals surface area contributed by atoms with Crippen molar-refractivity contribution in [3.8, 4) is 5.75 Å². The monoisotopic (exact) mass is 493 g/mol. The molecular weight excluding hydrogens is 454 g/mol. The number of ether oxygens (including phenoxy) is 2. The number of para-hydroxylation sites is 1. The molecule has 194 valence electrons. The van der Waals surface area contributed by atoms with Crippen molar-refractivity contribution in [2.75, 3.05) is 51.9 Å². The SMILES string of the molecule is CCCCN1C(=O)CCC(C(=O)N(C)Cc2ccc(N3CCOCC3)cc2)C1c1ccccc1OC. The van der Waals surface area contributed by atoms with E-state index in [9.17, 15) is 9.59 Å². The molecule has 2 aliphatic heterocycles. The number of carbonyl (C=O) groups is 2. The Hall–Kier alpha value is -3.06. The highest BCUT2D eigenvalue weighted by Crippen LogP contribution is 2.41. The molecule has 2 aliphatic rings. The second kappa shape index (κ2) is 12.3.